The average molecular weight is 453 g/mol. The van der Waals surface area contributed by atoms with Crippen LogP contribution in [0.2, 0.25) is 0 Å². The molecule has 8 heteroatoms. The molecule has 1 aromatic heterocycles. The fourth-order valence-corrected chi connectivity index (χ4v) is 5.13. The number of benzene rings is 2. The lowest BCUT2D eigenvalue weighted by Crippen LogP contribution is -2.50. The summed E-state index contributed by atoms with van der Waals surface area (Å²) in [5.41, 5.74) is 2.08. The quantitative estimate of drug-likeness (QED) is 0.567. The van der Waals surface area contributed by atoms with E-state index in [1.165, 1.54) is 0 Å². The highest BCUT2D eigenvalue weighted by molar-refractivity contribution is 7.89. The van der Waals surface area contributed by atoms with Crippen LogP contribution in [-0.2, 0) is 10.0 Å². The van der Waals surface area contributed by atoms with Gasteiger partial charge in [0.15, 0.2) is 0 Å². The second-order valence-electron chi connectivity index (χ2n) is 7.66. The number of para-hydroxylation sites is 2. The maximum Gasteiger partial charge on any atom is 0.240 e. The van der Waals surface area contributed by atoms with E-state index < -0.39 is 10.0 Å². The zero-order valence-electron chi connectivity index (χ0n) is 18.1. The van der Waals surface area contributed by atoms with Gasteiger partial charge in [0.05, 0.1) is 23.7 Å². The Morgan fingerprint density at radius 3 is 2.38 bits per heavy atom. The van der Waals surface area contributed by atoms with Crippen LogP contribution in [0, 0.1) is 0 Å². The maximum atomic E-state index is 12.8. The van der Waals surface area contributed by atoms with Gasteiger partial charge in [0.1, 0.15) is 5.75 Å². The van der Waals surface area contributed by atoms with Crippen LogP contribution in [0.25, 0.3) is 0 Å². The summed E-state index contributed by atoms with van der Waals surface area (Å²) in [6.45, 7) is 3.51. The van der Waals surface area contributed by atoms with E-state index in [1.54, 1.807) is 43.6 Å². The molecular formula is C24H28N4O3S. The Morgan fingerprint density at radius 2 is 1.69 bits per heavy atom. The molecular weight excluding hydrogens is 424 g/mol. The Balaban J connectivity index is 1.49. The fraction of sp³-hybridized carbons (Fsp3) is 0.292. The van der Waals surface area contributed by atoms with E-state index in [0.717, 1.165) is 43.2 Å². The fourth-order valence-electron chi connectivity index (χ4n) is 4.07. The Kier molecular flexibility index (Phi) is 7.04. The minimum absolute atomic E-state index is 0.109. The van der Waals surface area contributed by atoms with Crippen molar-refractivity contribution in [1.82, 2.24) is 14.6 Å². The Labute approximate surface area is 189 Å². The van der Waals surface area contributed by atoms with Crippen molar-refractivity contribution in [3.05, 3.63) is 84.7 Å². The van der Waals surface area contributed by atoms with Gasteiger partial charge in [0, 0.05) is 45.1 Å². The number of methoxy groups -OCH3 is 1. The average Bonchev–Trinajstić information content (AvgIpc) is 2.86. The highest BCUT2D eigenvalue weighted by Gasteiger charge is 2.28. The molecule has 0 aliphatic carbocycles. The van der Waals surface area contributed by atoms with Crippen LogP contribution in [0.15, 0.2) is 84.0 Å². The number of hydrogen-bond acceptors (Lipinski definition) is 6. The van der Waals surface area contributed by atoms with Crippen molar-refractivity contribution < 1.29 is 13.2 Å². The third-order valence-corrected chi connectivity index (χ3v) is 7.21. The molecule has 0 unspecified atom stereocenters. The van der Waals surface area contributed by atoms with Gasteiger partial charge in [-0.15, -0.1) is 0 Å². The summed E-state index contributed by atoms with van der Waals surface area (Å²) in [5, 5.41) is 0. The SMILES string of the molecule is COc1ccccc1N1CCN([C@H](CNS(=O)(=O)c2ccccc2)c2cccnc2)CC1. The largest absolute Gasteiger partial charge is 0.495 e. The minimum Gasteiger partial charge on any atom is -0.495 e. The summed E-state index contributed by atoms with van der Waals surface area (Å²) in [7, 11) is -1.90. The van der Waals surface area contributed by atoms with Crippen molar-refractivity contribution in [2.24, 2.45) is 0 Å². The first-order valence-electron chi connectivity index (χ1n) is 10.6. The van der Waals surface area contributed by atoms with Gasteiger partial charge >= 0.3 is 0 Å². The van der Waals surface area contributed by atoms with Gasteiger partial charge in [-0.25, -0.2) is 13.1 Å². The van der Waals surface area contributed by atoms with Crippen LogP contribution in [0.3, 0.4) is 0 Å². The van der Waals surface area contributed by atoms with Gasteiger partial charge in [0.25, 0.3) is 0 Å². The number of nitrogens with one attached hydrogen (secondary N) is 1. The molecule has 1 aliphatic heterocycles. The summed E-state index contributed by atoms with van der Waals surface area (Å²) in [6.07, 6.45) is 3.54. The number of sulfonamides is 1. The molecule has 3 aromatic rings. The van der Waals surface area contributed by atoms with Gasteiger partial charge < -0.3 is 9.64 Å². The van der Waals surface area contributed by atoms with Crippen molar-refractivity contribution in [3.63, 3.8) is 0 Å². The van der Waals surface area contributed by atoms with Crippen LogP contribution in [0.5, 0.6) is 5.75 Å². The zero-order valence-corrected chi connectivity index (χ0v) is 18.9. The third kappa shape index (κ3) is 5.09. The standard InChI is InChI=1S/C24H28N4O3S/c1-31-24-12-6-5-11-22(24)27-14-16-28(17-15-27)23(20-8-7-13-25-18-20)19-26-32(29,30)21-9-3-2-4-10-21/h2-13,18,23,26H,14-17,19H2,1H3/t23-/m1/s1. The molecule has 32 heavy (non-hydrogen) atoms. The van der Waals surface area contributed by atoms with Crippen LogP contribution in [-0.4, -0.2) is 58.1 Å². The molecule has 2 heterocycles. The highest BCUT2D eigenvalue weighted by atomic mass is 32.2. The second kappa shape index (κ2) is 10.1. The number of hydrogen-bond donors (Lipinski definition) is 1. The molecule has 1 saturated heterocycles. The number of piperazine rings is 1. The molecule has 0 bridgehead atoms. The Morgan fingerprint density at radius 1 is 0.969 bits per heavy atom. The number of pyridine rings is 1. The lowest BCUT2D eigenvalue weighted by atomic mass is 10.1. The molecule has 1 aliphatic rings. The topological polar surface area (TPSA) is 74.8 Å². The molecule has 0 amide bonds. The Hall–Kier alpha value is -2.94. The lowest BCUT2D eigenvalue weighted by molar-refractivity contribution is 0.186. The van der Waals surface area contributed by atoms with Gasteiger partial charge in [-0.2, -0.15) is 0 Å². The van der Waals surface area contributed by atoms with Crippen molar-refractivity contribution >= 4 is 15.7 Å². The van der Waals surface area contributed by atoms with Crippen LogP contribution >= 0.6 is 0 Å². The van der Waals surface area contributed by atoms with E-state index in [4.69, 9.17) is 4.74 Å². The summed E-state index contributed by atoms with van der Waals surface area (Å²) >= 11 is 0. The summed E-state index contributed by atoms with van der Waals surface area (Å²) in [5.74, 6) is 0.861. The van der Waals surface area contributed by atoms with Gasteiger partial charge in [-0.05, 0) is 35.9 Å². The first-order chi connectivity index (χ1) is 15.6. The van der Waals surface area contributed by atoms with Crippen LogP contribution < -0.4 is 14.4 Å². The molecule has 7 nitrogen and oxygen atoms in total. The number of aromatic nitrogens is 1. The number of rotatable bonds is 8. The highest BCUT2D eigenvalue weighted by Crippen LogP contribution is 2.30. The number of ether oxygens (including phenoxy) is 1. The molecule has 1 N–H and O–H groups in total. The summed E-state index contributed by atoms with van der Waals surface area (Å²) in [4.78, 5) is 9.15. The summed E-state index contributed by atoms with van der Waals surface area (Å²) < 4.78 is 33.9. The minimum atomic E-state index is -3.59. The lowest BCUT2D eigenvalue weighted by Gasteiger charge is -2.40. The Bertz CT molecular complexity index is 1100. The molecule has 4 rings (SSSR count). The van der Waals surface area contributed by atoms with Crippen molar-refractivity contribution in [2.45, 2.75) is 10.9 Å². The smallest absolute Gasteiger partial charge is 0.240 e. The molecule has 0 radical (unpaired) electrons. The maximum absolute atomic E-state index is 12.8. The van der Waals surface area contributed by atoms with Gasteiger partial charge in [-0.1, -0.05) is 36.4 Å². The zero-order chi connectivity index (χ0) is 22.4. The second-order valence-corrected chi connectivity index (χ2v) is 9.43. The van der Waals surface area contributed by atoms with E-state index in [1.807, 2.05) is 36.5 Å². The van der Waals surface area contributed by atoms with Gasteiger partial charge in [0.2, 0.25) is 10.0 Å². The van der Waals surface area contributed by atoms with Crippen LogP contribution in [0.1, 0.15) is 11.6 Å². The molecule has 0 saturated carbocycles. The summed E-state index contributed by atoms with van der Waals surface area (Å²) in [6, 6.07) is 20.3. The predicted molar refractivity (Wildman–Crippen MR) is 125 cm³/mol. The van der Waals surface area contributed by atoms with Crippen molar-refractivity contribution in [1.29, 1.82) is 0 Å². The molecule has 168 valence electrons. The van der Waals surface area contributed by atoms with Crippen molar-refractivity contribution in [2.75, 3.05) is 44.7 Å². The number of nitrogens with zero attached hydrogens (tertiary/aromatic N) is 3. The third-order valence-electron chi connectivity index (χ3n) is 5.77. The van der Waals surface area contributed by atoms with E-state index in [0.29, 0.717) is 0 Å². The van der Waals surface area contributed by atoms with E-state index in [-0.39, 0.29) is 17.5 Å². The molecule has 1 fully saturated rings. The van der Waals surface area contributed by atoms with Crippen molar-refractivity contribution in [3.8, 4) is 5.75 Å². The first kappa shape index (κ1) is 22.3. The monoisotopic (exact) mass is 452 g/mol. The predicted octanol–water partition coefficient (Wildman–Crippen LogP) is 2.93. The molecule has 2 aromatic carbocycles. The molecule has 1 atom stereocenters. The normalized spacial score (nSPS) is 16.0. The van der Waals surface area contributed by atoms with Crippen LogP contribution in [0.4, 0.5) is 5.69 Å². The first-order valence-corrected chi connectivity index (χ1v) is 12.1. The van der Waals surface area contributed by atoms with Gasteiger partial charge in [-0.3, -0.25) is 9.88 Å². The van der Waals surface area contributed by atoms with E-state index in [2.05, 4.69) is 25.6 Å². The number of anilines is 1. The van der Waals surface area contributed by atoms with E-state index >= 15 is 0 Å². The van der Waals surface area contributed by atoms with E-state index in [9.17, 15) is 8.42 Å². The molecule has 0 spiro atoms.